The van der Waals surface area contributed by atoms with Crippen LogP contribution in [0.15, 0.2) is 23.1 Å². The summed E-state index contributed by atoms with van der Waals surface area (Å²) < 4.78 is 51.8. The van der Waals surface area contributed by atoms with E-state index in [1.165, 1.54) is 16.4 Å². The SMILES string of the molecule is CC1CNCCN1S(=O)(=O)c1ccc(OCC2CCOC2)c(F)c1. The fourth-order valence-corrected chi connectivity index (χ4v) is 4.64. The Bertz CT molecular complexity index is 677. The molecule has 2 saturated heterocycles. The lowest BCUT2D eigenvalue weighted by Gasteiger charge is -2.32. The van der Waals surface area contributed by atoms with E-state index in [1.54, 1.807) is 0 Å². The van der Waals surface area contributed by atoms with Crippen molar-refractivity contribution in [3.63, 3.8) is 0 Å². The number of hydrogen-bond donors (Lipinski definition) is 1. The van der Waals surface area contributed by atoms with Crippen molar-refractivity contribution in [2.24, 2.45) is 5.92 Å². The van der Waals surface area contributed by atoms with Gasteiger partial charge in [0, 0.05) is 38.2 Å². The molecule has 2 aliphatic rings. The summed E-state index contributed by atoms with van der Waals surface area (Å²) in [7, 11) is -3.70. The first kappa shape index (κ1) is 17.6. The zero-order valence-electron chi connectivity index (χ0n) is 13.7. The zero-order valence-corrected chi connectivity index (χ0v) is 14.5. The molecule has 0 saturated carbocycles. The van der Waals surface area contributed by atoms with Crippen LogP contribution >= 0.6 is 0 Å². The highest BCUT2D eigenvalue weighted by molar-refractivity contribution is 7.89. The molecule has 0 bridgehead atoms. The van der Waals surface area contributed by atoms with Gasteiger partial charge in [-0.05, 0) is 31.5 Å². The minimum absolute atomic E-state index is 0.0368. The van der Waals surface area contributed by atoms with Crippen molar-refractivity contribution >= 4 is 10.0 Å². The van der Waals surface area contributed by atoms with Crippen molar-refractivity contribution in [1.29, 1.82) is 0 Å². The van der Waals surface area contributed by atoms with Crippen molar-refractivity contribution in [1.82, 2.24) is 9.62 Å². The van der Waals surface area contributed by atoms with E-state index >= 15 is 0 Å². The smallest absolute Gasteiger partial charge is 0.243 e. The molecule has 0 aromatic heterocycles. The van der Waals surface area contributed by atoms with Gasteiger partial charge in [-0.3, -0.25) is 0 Å². The minimum Gasteiger partial charge on any atom is -0.490 e. The number of benzene rings is 1. The van der Waals surface area contributed by atoms with Gasteiger partial charge in [-0.25, -0.2) is 12.8 Å². The Hall–Kier alpha value is -1.22. The molecular weight excluding hydrogens is 335 g/mol. The van der Waals surface area contributed by atoms with Gasteiger partial charge >= 0.3 is 0 Å². The van der Waals surface area contributed by atoms with Crippen LogP contribution in [0.4, 0.5) is 4.39 Å². The van der Waals surface area contributed by atoms with Crippen LogP contribution in [-0.2, 0) is 14.8 Å². The molecule has 1 aromatic carbocycles. The summed E-state index contributed by atoms with van der Waals surface area (Å²) in [5.74, 6) is -0.318. The Kier molecular flexibility index (Phi) is 5.39. The van der Waals surface area contributed by atoms with Gasteiger partial charge in [0.1, 0.15) is 0 Å². The van der Waals surface area contributed by atoms with Crippen LogP contribution in [-0.4, -0.2) is 58.2 Å². The summed E-state index contributed by atoms with van der Waals surface area (Å²) in [4.78, 5) is -0.0368. The molecule has 1 N–H and O–H groups in total. The second-order valence-electron chi connectivity index (χ2n) is 6.30. The molecule has 24 heavy (non-hydrogen) atoms. The molecule has 2 heterocycles. The molecule has 0 aliphatic carbocycles. The van der Waals surface area contributed by atoms with Crippen LogP contribution in [0.25, 0.3) is 0 Å². The fourth-order valence-electron chi connectivity index (χ4n) is 3.00. The molecule has 0 amide bonds. The highest BCUT2D eigenvalue weighted by Crippen LogP contribution is 2.26. The molecule has 1 aromatic rings. The van der Waals surface area contributed by atoms with E-state index in [-0.39, 0.29) is 22.6 Å². The molecule has 2 atom stereocenters. The predicted octanol–water partition coefficient (Wildman–Crippen LogP) is 1.22. The van der Waals surface area contributed by atoms with Crippen LogP contribution in [0.1, 0.15) is 13.3 Å². The third kappa shape index (κ3) is 3.72. The normalized spacial score (nSPS) is 25.8. The van der Waals surface area contributed by atoms with Gasteiger partial charge in [-0.2, -0.15) is 4.31 Å². The number of hydrogen-bond acceptors (Lipinski definition) is 5. The highest BCUT2D eigenvalue weighted by atomic mass is 32.2. The first-order valence-electron chi connectivity index (χ1n) is 8.21. The van der Waals surface area contributed by atoms with Crippen LogP contribution in [0.5, 0.6) is 5.75 Å². The molecule has 2 unspecified atom stereocenters. The maximum absolute atomic E-state index is 14.3. The predicted molar refractivity (Wildman–Crippen MR) is 87.0 cm³/mol. The second-order valence-corrected chi connectivity index (χ2v) is 8.19. The molecular formula is C16H23FN2O4S. The average molecular weight is 358 g/mol. The third-order valence-electron chi connectivity index (χ3n) is 4.45. The van der Waals surface area contributed by atoms with E-state index < -0.39 is 15.8 Å². The fraction of sp³-hybridized carbons (Fsp3) is 0.625. The Balaban J connectivity index is 1.73. The van der Waals surface area contributed by atoms with Crippen LogP contribution in [0.3, 0.4) is 0 Å². The second kappa shape index (κ2) is 7.35. The van der Waals surface area contributed by atoms with Crippen molar-refractivity contribution in [2.45, 2.75) is 24.3 Å². The monoisotopic (exact) mass is 358 g/mol. The molecule has 134 valence electrons. The van der Waals surface area contributed by atoms with Gasteiger partial charge in [0.05, 0.1) is 18.1 Å². The van der Waals surface area contributed by atoms with E-state index in [2.05, 4.69) is 5.32 Å². The average Bonchev–Trinajstić information content (AvgIpc) is 3.07. The lowest BCUT2D eigenvalue weighted by atomic mass is 10.1. The van der Waals surface area contributed by atoms with E-state index in [0.29, 0.717) is 39.5 Å². The summed E-state index contributed by atoms with van der Waals surface area (Å²) in [6, 6.07) is 3.69. The molecule has 8 heteroatoms. The first-order chi connectivity index (χ1) is 11.5. The number of sulfonamides is 1. The lowest BCUT2D eigenvalue weighted by molar-refractivity contribution is 0.165. The quantitative estimate of drug-likeness (QED) is 0.857. The molecule has 0 radical (unpaired) electrons. The van der Waals surface area contributed by atoms with Crippen molar-refractivity contribution in [2.75, 3.05) is 39.5 Å². The van der Waals surface area contributed by atoms with Gasteiger partial charge in [-0.15, -0.1) is 0 Å². The van der Waals surface area contributed by atoms with Gasteiger partial charge in [-0.1, -0.05) is 0 Å². The zero-order chi connectivity index (χ0) is 17.2. The molecule has 2 fully saturated rings. The maximum atomic E-state index is 14.3. The van der Waals surface area contributed by atoms with Crippen molar-refractivity contribution in [3.8, 4) is 5.75 Å². The number of piperazine rings is 1. The van der Waals surface area contributed by atoms with Gasteiger partial charge in [0.2, 0.25) is 10.0 Å². The van der Waals surface area contributed by atoms with Crippen molar-refractivity contribution < 1.29 is 22.3 Å². The topological polar surface area (TPSA) is 67.9 Å². The molecule has 0 spiro atoms. The lowest BCUT2D eigenvalue weighted by Crippen LogP contribution is -2.52. The maximum Gasteiger partial charge on any atom is 0.243 e. The Labute approximate surface area is 142 Å². The Morgan fingerprint density at radius 2 is 2.29 bits per heavy atom. The largest absolute Gasteiger partial charge is 0.490 e. The summed E-state index contributed by atoms with van der Waals surface area (Å²) in [5, 5.41) is 3.14. The van der Waals surface area contributed by atoms with Crippen LogP contribution in [0, 0.1) is 11.7 Å². The number of rotatable bonds is 5. The first-order valence-corrected chi connectivity index (χ1v) is 9.65. The Morgan fingerprint density at radius 3 is 2.96 bits per heavy atom. The minimum atomic E-state index is -3.70. The summed E-state index contributed by atoms with van der Waals surface area (Å²) in [6.07, 6.45) is 0.898. The summed E-state index contributed by atoms with van der Waals surface area (Å²) in [6.45, 7) is 5.10. The molecule has 6 nitrogen and oxygen atoms in total. The van der Waals surface area contributed by atoms with E-state index in [1.807, 2.05) is 6.92 Å². The number of nitrogens with one attached hydrogen (secondary N) is 1. The standard InChI is InChI=1S/C16H23FN2O4S/c1-12-9-18-5-6-19(12)24(20,21)14-2-3-16(15(17)8-14)23-11-13-4-7-22-10-13/h2-3,8,12-13,18H,4-7,9-11H2,1H3. The van der Waals surface area contributed by atoms with Crippen LogP contribution in [0.2, 0.25) is 0 Å². The summed E-state index contributed by atoms with van der Waals surface area (Å²) in [5.41, 5.74) is 0. The van der Waals surface area contributed by atoms with E-state index in [9.17, 15) is 12.8 Å². The van der Waals surface area contributed by atoms with Gasteiger partial charge in [0.25, 0.3) is 0 Å². The Morgan fingerprint density at radius 1 is 1.46 bits per heavy atom. The molecule has 3 rings (SSSR count). The number of halogens is 1. The van der Waals surface area contributed by atoms with Crippen LogP contribution < -0.4 is 10.1 Å². The van der Waals surface area contributed by atoms with Gasteiger partial charge in [0.15, 0.2) is 11.6 Å². The summed E-state index contributed by atoms with van der Waals surface area (Å²) >= 11 is 0. The molecule has 2 aliphatic heterocycles. The van der Waals surface area contributed by atoms with E-state index in [4.69, 9.17) is 9.47 Å². The van der Waals surface area contributed by atoms with E-state index in [0.717, 1.165) is 12.5 Å². The highest BCUT2D eigenvalue weighted by Gasteiger charge is 2.31. The van der Waals surface area contributed by atoms with Gasteiger partial charge < -0.3 is 14.8 Å². The number of ether oxygens (including phenoxy) is 2. The number of nitrogens with zero attached hydrogens (tertiary/aromatic N) is 1. The third-order valence-corrected chi connectivity index (χ3v) is 6.46. The van der Waals surface area contributed by atoms with Crippen molar-refractivity contribution in [3.05, 3.63) is 24.0 Å².